The van der Waals surface area contributed by atoms with Crippen LogP contribution in [-0.4, -0.2) is 46.5 Å². The summed E-state index contributed by atoms with van der Waals surface area (Å²) in [5, 5.41) is 29.0. The predicted molar refractivity (Wildman–Crippen MR) is 52.1 cm³/mol. The zero-order valence-corrected chi connectivity index (χ0v) is 10.1. The Kier molecular flexibility index (Phi) is 8.46. The molecule has 0 rings (SSSR count). The van der Waals surface area contributed by atoms with Crippen LogP contribution in [0.1, 0.15) is 20.3 Å². The van der Waals surface area contributed by atoms with Gasteiger partial charge in [-0.25, -0.2) is 0 Å². The summed E-state index contributed by atoms with van der Waals surface area (Å²) in [7, 11) is 0. The third-order valence-electron chi connectivity index (χ3n) is 2.03. The fourth-order valence-electron chi connectivity index (χ4n) is 0.831. The second kappa shape index (κ2) is 7.62. The van der Waals surface area contributed by atoms with Crippen LogP contribution in [0.3, 0.4) is 0 Å². The minimum Gasteiger partial charge on any atom is -0.481 e. The van der Waals surface area contributed by atoms with Gasteiger partial charge in [-0.2, -0.15) is 0 Å². The van der Waals surface area contributed by atoms with E-state index in [2.05, 4.69) is 5.32 Å². The summed E-state index contributed by atoms with van der Waals surface area (Å²) in [6.45, 7) is 2.70. The number of hydrogen-bond donors (Lipinski definition) is 4. The number of aliphatic hydroxyl groups is 2. The summed E-state index contributed by atoms with van der Waals surface area (Å²) in [4.78, 5) is 21.4. The first-order valence-corrected chi connectivity index (χ1v) is 4.59. The number of carboxylic acids is 1. The van der Waals surface area contributed by atoms with Crippen molar-refractivity contribution in [2.45, 2.75) is 26.4 Å². The maximum Gasteiger partial charge on any atom is 2.00 e. The van der Waals surface area contributed by atoms with Crippen LogP contribution >= 0.6 is 0 Å². The molecule has 0 spiro atoms. The van der Waals surface area contributed by atoms with Crippen molar-refractivity contribution in [3.8, 4) is 0 Å². The van der Waals surface area contributed by atoms with Crippen LogP contribution < -0.4 is 5.32 Å². The van der Waals surface area contributed by atoms with Gasteiger partial charge in [0.1, 0.15) is 6.10 Å². The molecule has 16 heavy (non-hydrogen) atoms. The van der Waals surface area contributed by atoms with Crippen molar-refractivity contribution in [3.63, 3.8) is 0 Å². The SMILES string of the molecule is CC(C)(CO)C(O)C(=O)NCCC(=O)O.[Cu+2]. The second-order valence-electron chi connectivity index (χ2n) is 3.98. The van der Waals surface area contributed by atoms with E-state index in [-0.39, 0.29) is 36.6 Å². The van der Waals surface area contributed by atoms with Crippen molar-refractivity contribution in [1.82, 2.24) is 5.32 Å². The molecule has 7 heteroatoms. The van der Waals surface area contributed by atoms with Crippen molar-refractivity contribution in [2.75, 3.05) is 13.2 Å². The van der Waals surface area contributed by atoms with Crippen LogP contribution in [0.25, 0.3) is 0 Å². The monoisotopic (exact) mass is 282 g/mol. The number of hydrogen-bond acceptors (Lipinski definition) is 4. The van der Waals surface area contributed by atoms with E-state index in [0.717, 1.165) is 0 Å². The van der Waals surface area contributed by atoms with E-state index in [1.54, 1.807) is 0 Å². The number of amides is 1. The standard InChI is InChI=1S/C9H17NO5.Cu/c1-9(2,5-11)7(14)8(15)10-4-3-6(12)13;/h7,11,14H,3-5H2,1-2H3,(H,10,15)(H,12,13);/q;+2. The number of carbonyl (C=O) groups excluding carboxylic acids is 1. The van der Waals surface area contributed by atoms with E-state index in [1.807, 2.05) is 0 Å². The summed E-state index contributed by atoms with van der Waals surface area (Å²) in [6.07, 6.45) is -1.55. The van der Waals surface area contributed by atoms with Gasteiger partial charge in [-0.1, -0.05) is 13.8 Å². The van der Waals surface area contributed by atoms with E-state index in [4.69, 9.17) is 10.2 Å². The Hall–Kier alpha value is -0.621. The van der Waals surface area contributed by atoms with Crippen LogP contribution in [0.5, 0.6) is 0 Å². The number of carboxylic acid groups (broad SMARTS) is 1. The fourth-order valence-corrected chi connectivity index (χ4v) is 0.831. The van der Waals surface area contributed by atoms with Crippen LogP contribution in [0.4, 0.5) is 0 Å². The molecule has 1 radical (unpaired) electrons. The molecule has 0 aromatic heterocycles. The Morgan fingerprint density at radius 1 is 1.38 bits per heavy atom. The zero-order valence-electron chi connectivity index (χ0n) is 9.16. The van der Waals surface area contributed by atoms with E-state index in [9.17, 15) is 14.7 Å². The molecule has 97 valence electrons. The first-order valence-electron chi connectivity index (χ1n) is 4.59. The minimum absolute atomic E-state index is 0. The first-order chi connectivity index (χ1) is 6.81. The summed E-state index contributed by atoms with van der Waals surface area (Å²) in [6, 6.07) is 0. The van der Waals surface area contributed by atoms with Crippen LogP contribution in [0, 0.1) is 5.41 Å². The Bertz CT molecular complexity index is 244. The number of aliphatic hydroxyl groups excluding tert-OH is 2. The number of aliphatic carboxylic acids is 1. The van der Waals surface area contributed by atoms with Crippen molar-refractivity contribution in [3.05, 3.63) is 0 Å². The van der Waals surface area contributed by atoms with Crippen molar-refractivity contribution < 1.29 is 42.0 Å². The van der Waals surface area contributed by atoms with Crippen molar-refractivity contribution in [1.29, 1.82) is 0 Å². The van der Waals surface area contributed by atoms with Gasteiger partial charge < -0.3 is 20.6 Å². The molecular weight excluding hydrogens is 266 g/mol. The summed E-state index contributed by atoms with van der Waals surface area (Å²) in [5.41, 5.74) is -0.937. The molecule has 0 aliphatic rings. The molecule has 0 saturated heterocycles. The maximum atomic E-state index is 11.3. The van der Waals surface area contributed by atoms with Gasteiger partial charge in [-0.3, -0.25) is 9.59 Å². The van der Waals surface area contributed by atoms with Gasteiger partial charge in [0.05, 0.1) is 13.0 Å². The molecule has 6 nitrogen and oxygen atoms in total. The first kappa shape index (κ1) is 17.8. The average Bonchev–Trinajstić information content (AvgIpc) is 2.15. The van der Waals surface area contributed by atoms with E-state index in [1.165, 1.54) is 13.8 Å². The van der Waals surface area contributed by atoms with E-state index in [0.29, 0.717) is 0 Å². The zero-order chi connectivity index (χ0) is 12.1. The molecule has 4 N–H and O–H groups in total. The number of nitrogens with one attached hydrogen (secondary N) is 1. The molecular formula is C9H17CuNO5+2. The third-order valence-corrected chi connectivity index (χ3v) is 2.03. The molecule has 0 fully saturated rings. The van der Waals surface area contributed by atoms with Crippen LogP contribution in [0.2, 0.25) is 0 Å². The molecule has 1 unspecified atom stereocenters. The van der Waals surface area contributed by atoms with E-state index >= 15 is 0 Å². The van der Waals surface area contributed by atoms with Crippen molar-refractivity contribution in [2.24, 2.45) is 5.41 Å². The quantitative estimate of drug-likeness (QED) is 0.465. The number of carbonyl (C=O) groups is 2. The van der Waals surface area contributed by atoms with Gasteiger partial charge in [0, 0.05) is 12.0 Å². The van der Waals surface area contributed by atoms with Crippen molar-refractivity contribution >= 4 is 11.9 Å². The average molecular weight is 283 g/mol. The van der Waals surface area contributed by atoms with Crippen LogP contribution in [-0.2, 0) is 26.7 Å². The molecule has 1 amide bonds. The van der Waals surface area contributed by atoms with Crippen LogP contribution in [0.15, 0.2) is 0 Å². The van der Waals surface area contributed by atoms with Gasteiger partial charge in [0.25, 0.3) is 0 Å². The normalized spacial score (nSPS) is 12.5. The Balaban J connectivity index is 0. The van der Waals surface area contributed by atoms with Gasteiger partial charge in [-0.15, -0.1) is 0 Å². The fraction of sp³-hybridized carbons (Fsp3) is 0.778. The second-order valence-corrected chi connectivity index (χ2v) is 3.98. The van der Waals surface area contributed by atoms with Gasteiger partial charge in [-0.05, 0) is 0 Å². The molecule has 0 aliphatic heterocycles. The predicted octanol–water partition coefficient (Wildman–Crippen LogP) is -1.05. The topological polar surface area (TPSA) is 107 Å². The minimum atomic E-state index is -1.35. The molecule has 0 saturated carbocycles. The summed E-state index contributed by atoms with van der Waals surface area (Å²) in [5.74, 6) is -1.69. The summed E-state index contributed by atoms with van der Waals surface area (Å²) >= 11 is 0. The molecule has 1 atom stereocenters. The molecule has 0 bridgehead atoms. The third kappa shape index (κ3) is 6.07. The Labute approximate surface area is 105 Å². The number of rotatable bonds is 6. The molecule has 0 aromatic rings. The van der Waals surface area contributed by atoms with E-state index < -0.39 is 23.4 Å². The Morgan fingerprint density at radius 2 is 1.88 bits per heavy atom. The van der Waals surface area contributed by atoms with Gasteiger partial charge in [0.2, 0.25) is 5.91 Å². The smallest absolute Gasteiger partial charge is 0.481 e. The molecule has 0 aromatic carbocycles. The van der Waals surface area contributed by atoms with Gasteiger partial charge >= 0.3 is 23.0 Å². The largest absolute Gasteiger partial charge is 2.00 e. The molecule has 0 aliphatic carbocycles. The van der Waals surface area contributed by atoms with Gasteiger partial charge in [0.15, 0.2) is 0 Å². The Morgan fingerprint density at radius 3 is 2.25 bits per heavy atom. The molecule has 0 heterocycles. The summed E-state index contributed by atoms with van der Waals surface area (Å²) < 4.78 is 0. The maximum absolute atomic E-state index is 11.3.